The molecule has 0 N–H and O–H groups in total. The minimum Gasteiger partial charge on any atom is -0.0864 e. The van der Waals surface area contributed by atoms with Gasteiger partial charge in [0.2, 0.25) is 0 Å². The van der Waals surface area contributed by atoms with Gasteiger partial charge in [-0.3, -0.25) is 0 Å². The predicted octanol–water partition coefficient (Wildman–Crippen LogP) is 4.57. The minimum absolute atomic E-state index is 0.652. The zero-order chi connectivity index (χ0) is 10.4. The Bertz CT molecular complexity index is 266. The van der Waals surface area contributed by atoms with Crippen LogP contribution in [0.5, 0.6) is 0 Å². The highest BCUT2D eigenvalue weighted by atomic mass is 127. The van der Waals surface area contributed by atoms with Gasteiger partial charge in [0.1, 0.15) is 0 Å². The molecule has 0 spiro atoms. The van der Waals surface area contributed by atoms with E-state index in [1.54, 1.807) is 0 Å². The van der Waals surface area contributed by atoms with Crippen LogP contribution in [0.1, 0.15) is 43.7 Å². The van der Waals surface area contributed by atoms with Crippen LogP contribution >= 0.6 is 22.6 Å². The summed E-state index contributed by atoms with van der Waals surface area (Å²) in [5, 5.41) is 0. The molecule has 0 aliphatic rings. The molecule has 1 aromatic carbocycles. The summed E-state index contributed by atoms with van der Waals surface area (Å²) in [7, 11) is 0. The van der Waals surface area contributed by atoms with Crippen LogP contribution in [0, 0.1) is 0 Å². The minimum atomic E-state index is 0.652. The third-order valence-corrected chi connectivity index (χ3v) is 3.23. The number of benzene rings is 1. The van der Waals surface area contributed by atoms with E-state index in [9.17, 15) is 0 Å². The van der Waals surface area contributed by atoms with Crippen molar-refractivity contribution in [2.24, 2.45) is 0 Å². The molecule has 0 fully saturated rings. The van der Waals surface area contributed by atoms with E-state index in [1.165, 1.54) is 34.8 Å². The van der Waals surface area contributed by atoms with Crippen molar-refractivity contribution in [2.45, 2.75) is 39.0 Å². The molecule has 0 heterocycles. The molecule has 0 atom stereocenters. The zero-order valence-corrected chi connectivity index (χ0v) is 11.3. The fraction of sp³-hybridized carbons (Fsp3) is 0.538. The van der Waals surface area contributed by atoms with Gasteiger partial charge in [-0.15, -0.1) is 0 Å². The zero-order valence-electron chi connectivity index (χ0n) is 9.09. The summed E-state index contributed by atoms with van der Waals surface area (Å²) >= 11 is 2.45. The molecule has 1 heteroatoms. The Labute approximate surface area is 101 Å². The molecule has 0 aliphatic heterocycles. The SMILES string of the molecule is CC(C)c1cccc(CCCCI)c1. The quantitative estimate of drug-likeness (QED) is 0.425. The molecule has 0 aromatic heterocycles. The monoisotopic (exact) mass is 302 g/mol. The molecular weight excluding hydrogens is 283 g/mol. The van der Waals surface area contributed by atoms with E-state index >= 15 is 0 Å². The van der Waals surface area contributed by atoms with Gasteiger partial charge in [0.15, 0.2) is 0 Å². The molecule has 0 unspecified atom stereocenters. The lowest BCUT2D eigenvalue weighted by molar-refractivity contribution is 0.802. The Balaban J connectivity index is 2.55. The first-order valence-electron chi connectivity index (χ1n) is 5.39. The molecule has 14 heavy (non-hydrogen) atoms. The number of rotatable bonds is 5. The lowest BCUT2D eigenvalue weighted by atomic mass is 9.99. The predicted molar refractivity (Wildman–Crippen MR) is 72.4 cm³/mol. The van der Waals surface area contributed by atoms with Gasteiger partial charge in [0.25, 0.3) is 0 Å². The first-order valence-corrected chi connectivity index (χ1v) is 6.91. The van der Waals surface area contributed by atoms with Crippen LogP contribution in [0.25, 0.3) is 0 Å². The lowest BCUT2D eigenvalue weighted by Gasteiger charge is -2.07. The number of halogens is 1. The molecule has 1 rings (SSSR count). The number of aryl methyl sites for hydroxylation is 1. The molecule has 0 saturated heterocycles. The number of unbranched alkanes of at least 4 members (excludes halogenated alkanes) is 1. The van der Waals surface area contributed by atoms with Gasteiger partial charge in [-0.2, -0.15) is 0 Å². The lowest BCUT2D eigenvalue weighted by Crippen LogP contribution is -1.91. The van der Waals surface area contributed by atoms with E-state index in [1.807, 2.05) is 0 Å². The largest absolute Gasteiger partial charge is 0.0864 e. The normalized spacial score (nSPS) is 10.9. The molecule has 0 aliphatic carbocycles. The van der Waals surface area contributed by atoms with Gasteiger partial charge in [-0.25, -0.2) is 0 Å². The topological polar surface area (TPSA) is 0 Å². The van der Waals surface area contributed by atoms with E-state index in [2.05, 4.69) is 60.7 Å². The summed E-state index contributed by atoms with van der Waals surface area (Å²) in [6.45, 7) is 4.51. The van der Waals surface area contributed by atoms with Gasteiger partial charge in [-0.1, -0.05) is 60.7 Å². The van der Waals surface area contributed by atoms with Crippen LogP contribution in [-0.2, 0) is 6.42 Å². The van der Waals surface area contributed by atoms with Gasteiger partial charge >= 0.3 is 0 Å². The molecule has 0 radical (unpaired) electrons. The number of hydrogen-bond donors (Lipinski definition) is 0. The van der Waals surface area contributed by atoms with Crippen LogP contribution in [0.15, 0.2) is 24.3 Å². The molecule has 1 aromatic rings. The van der Waals surface area contributed by atoms with Gasteiger partial charge in [0, 0.05) is 0 Å². The van der Waals surface area contributed by atoms with Crippen molar-refractivity contribution in [1.82, 2.24) is 0 Å². The average Bonchev–Trinajstić information content (AvgIpc) is 2.19. The fourth-order valence-electron chi connectivity index (χ4n) is 1.53. The summed E-state index contributed by atoms with van der Waals surface area (Å²) < 4.78 is 1.28. The standard InChI is InChI=1S/C13H19I/c1-11(2)13-8-5-7-12(10-13)6-3-4-9-14/h5,7-8,10-11H,3-4,6,9H2,1-2H3. The highest BCUT2D eigenvalue weighted by Gasteiger charge is 1.99. The van der Waals surface area contributed by atoms with Crippen molar-refractivity contribution in [3.63, 3.8) is 0 Å². The van der Waals surface area contributed by atoms with E-state index in [-0.39, 0.29) is 0 Å². The number of alkyl halides is 1. The Morgan fingerprint density at radius 1 is 1.21 bits per heavy atom. The molecule has 0 saturated carbocycles. The Kier molecular flexibility index (Phi) is 5.53. The van der Waals surface area contributed by atoms with E-state index in [0.29, 0.717) is 5.92 Å². The van der Waals surface area contributed by atoms with E-state index < -0.39 is 0 Å². The summed E-state index contributed by atoms with van der Waals surface area (Å²) in [5.41, 5.74) is 2.97. The Morgan fingerprint density at radius 2 is 2.00 bits per heavy atom. The maximum Gasteiger partial charge on any atom is -0.000461 e. The van der Waals surface area contributed by atoms with Gasteiger partial charge in [0.05, 0.1) is 0 Å². The third kappa shape index (κ3) is 3.99. The van der Waals surface area contributed by atoms with Crippen LogP contribution in [0.4, 0.5) is 0 Å². The Morgan fingerprint density at radius 3 is 2.64 bits per heavy atom. The van der Waals surface area contributed by atoms with Crippen LogP contribution in [-0.4, -0.2) is 4.43 Å². The van der Waals surface area contributed by atoms with Crippen molar-refractivity contribution < 1.29 is 0 Å². The summed E-state index contributed by atoms with van der Waals surface area (Å²) in [4.78, 5) is 0. The summed E-state index contributed by atoms with van der Waals surface area (Å²) in [6.07, 6.45) is 3.90. The second-order valence-corrected chi connectivity index (χ2v) is 5.12. The first kappa shape index (κ1) is 12.0. The second-order valence-electron chi connectivity index (χ2n) is 4.05. The Hall–Kier alpha value is -0.0500. The second kappa shape index (κ2) is 6.44. The molecule has 78 valence electrons. The molecular formula is C13H19I. The van der Waals surface area contributed by atoms with Crippen molar-refractivity contribution in [3.8, 4) is 0 Å². The maximum absolute atomic E-state index is 2.45. The molecule has 0 amide bonds. The highest BCUT2D eigenvalue weighted by Crippen LogP contribution is 2.16. The first-order chi connectivity index (χ1) is 6.74. The third-order valence-electron chi connectivity index (χ3n) is 2.47. The molecule has 0 nitrogen and oxygen atoms in total. The van der Waals surface area contributed by atoms with Gasteiger partial charge in [-0.05, 0) is 40.7 Å². The van der Waals surface area contributed by atoms with Crippen molar-refractivity contribution >= 4 is 22.6 Å². The van der Waals surface area contributed by atoms with Crippen molar-refractivity contribution in [2.75, 3.05) is 4.43 Å². The van der Waals surface area contributed by atoms with Crippen LogP contribution < -0.4 is 0 Å². The van der Waals surface area contributed by atoms with Crippen molar-refractivity contribution in [1.29, 1.82) is 0 Å². The summed E-state index contributed by atoms with van der Waals surface area (Å²) in [5.74, 6) is 0.652. The number of hydrogen-bond acceptors (Lipinski definition) is 0. The van der Waals surface area contributed by atoms with E-state index in [4.69, 9.17) is 0 Å². The highest BCUT2D eigenvalue weighted by molar-refractivity contribution is 14.1. The smallest absolute Gasteiger partial charge is 0.000461 e. The van der Waals surface area contributed by atoms with Crippen molar-refractivity contribution in [3.05, 3.63) is 35.4 Å². The maximum atomic E-state index is 2.45. The van der Waals surface area contributed by atoms with Crippen LogP contribution in [0.3, 0.4) is 0 Å². The molecule has 0 bridgehead atoms. The van der Waals surface area contributed by atoms with Crippen LogP contribution in [0.2, 0.25) is 0 Å². The average molecular weight is 302 g/mol. The fourth-order valence-corrected chi connectivity index (χ4v) is 2.07. The van der Waals surface area contributed by atoms with E-state index in [0.717, 1.165) is 0 Å². The summed E-state index contributed by atoms with van der Waals surface area (Å²) in [6, 6.07) is 9.03. The van der Waals surface area contributed by atoms with Gasteiger partial charge < -0.3 is 0 Å².